The summed E-state index contributed by atoms with van der Waals surface area (Å²) in [5.74, 6) is 0.382. The number of carbonyl (C=O) groups is 1. The number of pyridine rings is 1. The van der Waals surface area contributed by atoms with Gasteiger partial charge in [-0.2, -0.15) is 0 Å². The van der Waals surface area contributed by atoms with Gasteiger partial charge >= 0.3 is 6.03 Å². The Morgan fingerprint density at radius 3 is 2.86 bits per heavy atom. The molecule has 0 fully saturated rings. The number of nitrogens with two attached hydrogens (primary N) is 1. The number of aromatic nitrogens is 3. The Hall–Kier alpha value is -2.26. The molecule has 0 aliphatic heterocycles. The smallest absolute Gasteiger partial charge is 0.334 e. The fourth-order valence-corrected chi connectivity index (χ4v) is 4.86. The molecule has 0 radical (unpaired) electrons. The van der Waals surface area contributed by atoms with Crippen LogP contribution in [0.5, 0.6) is 0 Å². The number of amides is 2. The van der Waals surface area contributed by atoms with Crippen LogP contribution in [0.25, 0.3) is 0 Å². The van der Waals surface area contributed by atoms with Crippen molar-refractivity contribution in [1.82, 2.24) is 14.5 Å². The fraction of sp³-hybridized carbons (Fsp3) is 0.526. The Morgan fingerprint density at radius 1 is 1.36 bits per heavy atom. The third-order valence-electron chi connectivity index (χ3n) is 5.58. The molecule has 3 N–H and O–H groups in total. The highest BCUT2D eigenvalue weighted by Crippen LogP contribution is 2.41. The van der Waals surface area contributed by atoms with Gasteiger partial charge < -0.3 is 9.88 Å². The van der Waals surface area contributed by atoms with Gasteiger partial charge in [0.2, 0.25) is 0 Å². The molecule has 0 saturated carbocycles. The molecule has 4 rings (SSSR count). The van der Waals surface area contributed by atoms with Crippen LogP contribution >= 0.6 is 0 Å². The van der Waals surface area contributed by atoms with Crippen molar-refractivity contribution in [3.05, 3.63) is 35.0 Å². The zero-order valence-corrected chi connectivity index (χ0v) is 17.3. The first-order chi connectivity index (χ1) is 13.3. The maximum Gasteiger partial charge on any atom is 0.354 e. The van der Waals surface area contributed by atoms with Crippen LogP contribution in [0.1, 0.15) is 68.1 Å². The van der Waals surface area contributed by atoms with E-state index in [0.717, 1.165) is 60.3 Å². The Labute approximate surface area is 165 Å². The summed E-state index contributed by atoms with van der Waals surface area (Å²) in [7, 11) is -3.42. The maximum atomic E-state index is 12.8. The second-order valence-electron chi connectivity index (χ2n) is 7.91. The van der Waals surface area contributed by atoms with Gasteiger partial charge in [-0.1, -0.05) is 6.92 Å². The molecule has 2 heterocycles. The number of rotatable bonds is 3. The number of hydrogen-bond acceptors (Lipinski definition) is 4. The molecule has 2 amide bonds. The maximum absolute atomic E-state index is 12.8. The number of fused-ring (bicyclic) bond motifs is 2. The molecule has 28 heavy (non-hydrogen) atoms. The number of imidazole rings is 1. The Kier molecular flexibility index (Phi) is 4.75. The molecule has 150 valence electrons. The van der Waals surface area contributed by atoms with E-state index in [1.807, 2.05) is 13.8 Å². The molecule has 2 atom stereocenters. The van der Waals surface area contributed by atoms with E-state index in [1.54, 1.807) is 17.1 Å². The van der Waals surface area contributed by atoms with Crippen LogP contribution in [-0.4, -0.2) is 24.8 Å². The second kappa shape index (κ2) is 6.97. The van der Waals surface area contributed by atoms with Crippen molar-refractivity contribution in [2.24, 2.45) is 9.50 Å². The first-order valence-electron chi connectivity index (χ1n) is 9.70. The minimum Gasteiger partial charge on any atom is -0.334 e. The lowest BCUT2D eigenvalue weighted by atomic mass is 10.0. The van der Waals surface area contributed by atoms with Crippen LogP contribution in [0.2, 0.25) is 0 Å². The van der Waals surface area contributed by atoms with Gasteiger partial charge in [0.25, 0.3) is 0 Å². The largest absolute Gasteiger partial charge is 0.354 e. The van der Waals surface area contributed by atoms with Crippen molar-refractivity contribution in [1.29, 1.82) is 0 Å². The molecule has 2 unspecified atom stereocenters. The topological polar surface area (TPSA) is 115 Å². The van der Waals surface area contributed by atoms with E-state index in [-0.39, 0.29) is 11.1 Å². The first kappa shape index (κ1) is 19.1. The molecular formula is C19H26N6O2S. The molecule has 2 aliphatic rings. The van der Waals surface area contributed by atoms with Gasteiger partial charge in [0.05, 0.1) is 12.0 Å². The second-order valence-corrected chi connectivity index (χ2v) is 9.65. The highest BCUT2D eigenvalue weighted by atomic mass is 32.2. The molecule has 8 nitrogen and oxygen atoms in total. The lowest BCUT2D eigenvalue weighted by Gasteiger charge is -2.15. The average Bonchev–Trinajstić information content (AvgIpc) is 3.34. The molecular weight excluding hydrogens is 376 g/mol. The van der Waals surface area contributed by atoms with E-state index in [0.29, 0.717) is 5.92 Å². The molecule has 0 spiro atoms. The minimum atomic E-state index is -3.42. The summed E-state index contributed by atoms with van der Waals surface area (Å²) in [6, 6.07) is -0.553. The quantitative estimate of drug-likeness (QED) is 0.819. The van der Waals surface area contributed by atoms with Gasteiger partial charge in [-0.05, 0) is 63.0 Å². The Morgan fingerprint density at radius 2 is 2.14 bits per heavy atom. The number of urea groups is 1. The predicted molar refractivity (Wildman–Crippen MR) is 108 cm³/mol. The number of anilines is 1. The van der Waals surface area contributed by atoms with E-state index in [4.69, 9.17) is 10.1 Å². The number of carbonyl (C=O) groups excluding carboxylic acids is 1. The third-order valence-corrected chi connectivity index (χ3v) is 6.82. The average molecular weight is 403 g/mol. The number of nitrogens with zero attached hydrogens (tertiary/aromatic N) is 4. The normalized spacial score (nSPS) is 20.0. The van der Waals surface area contributed by atoms with Crippen LogP contribution in [0.4, 0.5) is 10.5 Å². The van der Waals surface area contributed by atoms with Gasteiger partial charge in [-0.3, -0.25) is 4.98 Å². The summed E-state index contributed by atoms with van der Waals surface area (Å²) in [6.45, 7) is 6.10. The molecule has 2 aromatic rings. The zero-order chi connectivity index (χ0) is 20.1. The summed E-state index contributed by atoms with van der Waals surface area (Å²) in [4.78, 5) is 21.6. The molecule has 0 aromatic carbocycles. The monoisotopic (exact) mass is 402 g/mol. The first-order valence-corrected chi connectivity index (χ1v) is 11.3. The molecule has 2 aromatic heterocycles. The lowest BCUT2D eigenvalue weighted by molar-refractivity contribution is 0.260. The van der Waals surface area contributed by atoms with E-state index in [1.165, 1.54) is 0 Å². The summed E-state index contributed by atoms with van der Waals surface area (Å²) in [6.07, 6.45) is 7.86. The van der Waals surface area contributed by atoms with Gasteiger partial charge in [-0.25, -0.2) is 19.1 Å². The van der Waals surface area contributed by atoms with E-state index in [9.17, 15) is 9.00 Å². The van der Waals surface area contributed by atoms with E-state index >= 15 is 0 Å². The third kappa shape index (κ3) is 3.33. The Bertz CT molecular complexity index is 1060. The van der Waals surface area contributed by atoms with Crippen LogP contribution in [0.3, 0.4) is 0 Å². The fourth-order valence-electron chi connectivity index (χ4n) is 4.00. The predicted octanol–water partition coefficient (Wildman–Crippen LogP) is 3.33. The number of aryl methyl sites for hydroxylation is 1. The van der Waals surface area contributed by atoms with Gasteiger partial charge in [-0.15, -0.1) is 4.36 Å². The Balaban J connectivity index is 1.67. The summed E-state index contributed by atoms with van der Waals surface area (Å²) < 4.78 is 18.4. The molecule has 0 bridgehead atoms. The van der Waals surface area contributed by atoms with Crippen LogP contribution in [0.15, 0.2) is 21.9 Å². The van der Waals surface area contributed by atoms with E-state index in [2.05, 4.69) is 21.6 Å². The van der Waals surface area contributed by atoms with Crippen molar-refractivity contribution in [2.45, 2.75) is 69.9 Å². The SMILES string of the molecule is CC1CCc2c1nc1c(c2NC(=O)N=S(N)(=O)c2cn(C(C)C)cn2)CCC1. The zero-order valence-electron chi connectivity index (χ0n) is 16.4. The van der Waals surface area contributed by atoms with Crippen molar-refractivity contribution < 1.29 is 9.00 Å². The van der Waals surface area contributed by atoms with Crippen LogP contribution in [0, 0.1) is 0 Å². The van der Waals surface area contributed by atoms with Gasteiger partial charge in [0.15, 0.2) is 14.9 Å². The van der Waals surface area contributed by atoms with Gasteiger partial charge in [0.1, 0.15) is 0 Å². The van der Waals surface area contributed by atoms with Crippen LogP contribution < -0.4 is 10.5 Å². The molecule has 2 aliphatic carbocycles. The molecule has 9 heteroatoms. The summed E-state index contributed by atoms with van der Waals surface area (Å²) in [5.41, 5.74) is 5.11. The van der Waals surface area contributed by atoms with E-state index < -0.39 is 15.9 Å². The highest BCUT2D eigenvalue weighted by Gasteiger charge is 2.30. The number of hydrogen-bond donors (Lipinski definition) is 2. The minimum absolute atomic E-state index is 0.107. The summed E-state index contributed by atoms with van der Waals surface area (Å²) >= 11 is 0. The van der Waals surface area contributed by atoms with Crippen molar-refractivity contribution in [3.63, 3.8) is 0 Å². The molecule has 0 saturated heterocycles. The highest BCUT2D eigenvalue weighted by molar-refractivity contribution is 7.91. The van der Waals surface area contributed by atoms with Gasteiger partial charge in [0, 0.05) is 23.6 Å². The summed E-state index contributed by atoms with van der Waals surface area (Å²) in [5, 5.41) is 8.85. The van der Waals surface area contributed by atoms with Crippen molar-refractivity contribution >= 4 is 21.6 Å². The van der Waals surface area contributed by atoms with Crippen molar-refractivity contribution in [2.75, 3.05) is 5.32 Å². The van der Waals surface area contributed by atoms with Crippen molar-refractivity contribution in [3.8, 4) is 0 Å². The lowest BCUT2D eigenvalue weighted by Crippen LogP contribution is -2.19. The van der Waals surface area contributed by atoms with Crippen LogP contribution in [-0.2, 0) is 29.2 Å². The standard InChI is InChI=1S/C19H26N6O2S/c1-11(2)25-9-16(21-10-25)28(20,27)24-19(26)23-18-13-5-4-6-15(13)22-17-12(3)7-8-14(17)18/h9-12H,4-8H2,1-3H3,(H3,20,22,23,24,26,27). The number of nitrogens with one attached hydrogen (secondary N) is 1.